The fourth-order valence-corrected chi connectivity index (χ4v) is 3.01. The summed E-state index contributed by atoms with van der Waals surface area (Å²) in [5, 5.41) is 2.70. The molecule has 3 aromatic rings. The van der Waals surface area contributed by atoms with Crippen LogP contribution < -0.4 is 16.0 Å². The fraction of sp³-hybridized carbons (Fsp3) is 0.167. The molecule has 0 bridgehead atoms. The van der Waals surface area contributed by atoms with Gasteiger partial charge in [0.1, 0.15) is 0 Å². The monoisotopic (exact) mass is 387 g/mol. The Bertz CT molecular complexity index is 952. The maximum absolute atomic E-state index is 13.0. The maximum Gasteiger partial charge on any atom is 0.321 e. The highest BCUT2D eigenvalue weighted by atomic mass is 16.2. The minimum atomic E-state index is -0.702. The van der Waals surface area contributed by atoms with Gasteiger partial charge in [0.2, 0.25) is 0 Å². The third-order valence-corrected chi connectivity index (χ3v) is 4.59. The number of rotatable bonds is 6. The molecule has 0 aliphatic heterocycles. The van der Waals surface area contributed by atoms with Crippen LogP contribution >= 0.6 is 0 Å². The molecule has 0 heterocycles. The van der Waals surface area contributed by atoms with Gasteiger partial charge >= 0.3 is 11.8 Å². The number of nitrogens with one attached hydrogen (secondary N) is 1. The van der Waals surface area contributed by atoms with Gasteiger partial charge in [0.15, 0.2) is 0 Å². The Kier molecular flexibility index (Phi) is 6.63. The van der Waals surface area contributed by atoms with Crippen LogP contribution in [0.4, 0.5) is 22.7 Å². The van der Waals surface area contributed by atoms with E-state index in [4.69, 9.17) is 5.73 Å². The summed E-state index contributed by atoms with van der Waals surface area (Å²) in [6, 6.07) is 23.5. The van der Waals surface area contributed by atoms with Gasteiger partial charge in [0.05, 0.1) is 0 Å². The van der Waals surface area contributed by atoms with Crippen LogP contribution in [0.25, 0.3) is 0 Å². The van der Waals surface area contributed by atoms with E-state index in [2.05, 4.69) is 12.2 Å². The number of nitrogen functional groups attached to an aromatic ring is 1. The zero-order valence-corrected chi connectivity index (χ0v) is 16.5. The summed E-state index contributed by atoms with van der Waals surface area (Å²) in [5.74, 6) is -1.37. The van der Waals surface area contributed by atoms with Gasteiger partial charge in [-0.1, -0.05) is 43.7 Å². The van der Waals surface area contributed by atoms with Crippen LogP contribution in [0.15, 0.2) is 78.9 Å². The maximum atomic E-state index is 13.0. The number of para-hydroxylation sites is 1. The van der Waals surface area contributed by atoms with Crippen molar-refractivity contribution < 1.29 is 9.59 Å². The van der Waals surface area contributed by atoms with Crippen molar-refractivity contribution in [1.82, 2.24) is 0 Å². The second kappa shape index (κ2) is 9.55. The first-order chi connectivity index (χ1) is 14.1. The predicted molar refractivity (Wildman–Crippen MR) is 118 cm³/mol. The molecule has 2 amide bonds. The molecule has 0 unspecified atom stereocenters. The van der Waals surface area contributed by atoms with Gasteiger partial charge in [-0.25, -0.2) is 0 Å². The van der Waals surface area contributed by atoms with Crippen LogP contribution in [0.5, 0.6) is 0 Å². The topological polar surface area (TPSA) is 75.4 Å². The SMILES string of the molecule is CCCCc1ccc(NC(=O)C(=O)N(c2ccccc2)c2ccc(N)cc2)cc1. The van der Waals surface area contributed by atoms with E-state index in [0.29, 0.717) is 22.7 Å². The predicted octanol–water partition coefficient (Wildman–Crippen LogP) is 4.91. The van der Waals surface area contributed by atoms with Crippen molar-refractivity contribution >= 4 is 34.6 Å². The summed E-state index contributed by atoms with van der Waals surface area (Å²) in [5.41, 5.74) is 9.33. The average molecular weight is 387 g/mol. The highest BCUT2D eigenvalue weighted by Gasteiger charge is 2.25. The Morgan fingerprint density at radius 2 is 1.48 bits per heavy atom. The molecule has 148 valence electrons. The van der Waals surface area contributed by atoms with Crippen LogP contribution in [0.3, 0.4) is 0 Å². The van der Waals surface area contributed by atoms with Gasteiger partial charge in [-0.2, -0.15) is 0 Å². The van der Waals surface area contributed by atoms with Gasteiger partial charge in [0, 0.05) is 22.7 Å². The number of amides is 2. The number of anilines is 4. The lowest BCUT2D eigenvalue weighted by atomic mass is 10.1. The lowest BCUT2D eigenvalue weighted by Gasteiger charge is -2.22. The molecule has 3 N–H and O–H groups in total. The summed E-state index contributed by atoms with van der Waals surface area (Å²) in [6.07, 6.45) is 3.26. The molecule has 0 fully saturated rings. The molecule has 0 spiro atoms. The van der Waals surface area contributed by atoms with Crippen molar-refractivity contribution in [2.45, 2.75) is 26.2 Å². The van der Waals surface area contributed by atoms with E-state index in [0.717, 1.165) is 19.3 Å². The van der Waals surface area contributed by atoms with Gasteiger partial charge in [0.25, 0.3) is 0 Å². The second-order valence-electron chi connectivity index (χ2n) is 6.82. The van der Waals surface area contributed by atoms with Crippen molar-refractivity contribution in [1.29, 1.82) is 0 Å². The molecule has 0 atom stereocenters. The summed E-state index contributed by atoms with van der Waals surface area (Å²) in [6.45, 7) is 2.15. The zero-order chi connectivity index (χ0) is 20.6. The number of aryl methyl sites for hydroxylation is 1. The Morgan fingerprint density at radius 1 is 0.862 bits per heavy atom. The third-order valence-electron chi connectivity index (χ3n) is 4.59. The van der Waals surface area contributed by atoms with Crippen molar-refractivity contribution in [2.75, 3.05) is 16.0 Å². The lowest BCUT2D eigenvalue weighted by molar-refractivity contribution is -0.134. The molecule has 5 nitrogen and oxygen atoms in total. The van der Waals surface area contributed by atoms with E-state index >= 15 is 0 Å². The van der Waals surface area contributed by atoms with E-state index < -0.39 is 11.8 Å². The van der Waals surface area contributed by atoms with Crippen molar-refractivity contribution in [2.24, 2.45) is 0 Å². The number of benzene rings is 3. The smallest absolute Gasteiger partial charge is 0.321 e. The quantitative estimate of drug-likeness (QED) is 0.466. The molecule has 0 saturated heterocycles. The normalized spacial score (nSPS) is 10.4. The Labute approximate surface area is 171 Å². The Hall–Kier alpha value is -3.60. The number of nitrogens with two attached hydrogens (primary N) is 1. The summed E-state index contributed by atoms with van der Waals surface area (Å²) in [7, 11) is 0. The van der Waals surface area contributed by atoms with E-state index in [1.54, 1.807) is 36.4 Å². The van der Waals surface area contributed by atoms with Crippen molar-refractivity contribution in [3.05, 3.63) is 84.4 Å². The number of unbranched alkanes of at least 4 members (excludes halogenated alkanes) is 1. The molecule has 0 aromatic heterocycles. The summed E-state index contributed by atoms with van der Waals surface area (Å²) in [4.78, 5) is 27.1. The number of hydrogen-bond acceptors (Lipinski definition) is 3. The largest absolute Gasteiger partial charge is 0.399 e. The van der Waals surface area contributed by atoms with Crippen LogP contribution in [0.1, 0.15) is 25.3 Å². The van der Waals surface area contributed by atoms with Gasteiger partial charge < -0.3 is 11.1 Å². The first-order valence-electron chi connectivity index (χ1n) is 9.73. The fourth-order valence-electron chi connectivity index (χ4n) is 3.01. The Morgan fingerprint density at radius 3 is 2.10 bits per heavy atom. The standard InChI is InChI=1S/C24H25N3O2/c1-2-3-7-18-10-14-20(15-11-18)26-23(28)24(29)27(21-8-5-4-6-9-21)22-16-12-19(25)13-17-22/h4-6,8-17H,2-3,7,25H2,1H3,(H,26,28). The van der Waals surface area contributed by atoms with Gasteiger partial charge in [-0.3, -0.25) is 14.5 Å². The first-order valence-corrected chi connectivity index (χ1v) is 9.73. The van der Waals surface area contributed by atoms with Crippen molar-refractivity contribution in [3.63, 3.8) is 0 Å². The summed E-state index contributed by atoms with van der Waals surface area (Å²) >= 11 is 0. The third kappa shape index (κ3) is 5.23. The molecule has 0 radical (unpaired) electrons. The minimum Gasteiger partial charge on any atom is -0.399 e. The van der Waals surface area contributed by atoms with Crippen LogP contribution in [-0.2, 0) is 16.0 Å². The minimum absolute atomic E-state index is 0.570. The Balaban J connectivity index is 1.80. The van der Waals surface area contributed by atoms with Gasteiger partial charge in [-0.05, 0) is 66.9 Å². The molecular formula is C24H25N3O2. The second-order valence-corrected chi connectivity index (χ2v) is 6.82. The number of nitrogens with zero attached hydrogens (tertiary/aromatic N) is 1. The van der Waals surface area contributed by atoms with Crippen LogP contribution in [0.2, 0.25) is 0 Å². The molecular weight excluding hydrogens is 362 g/mol. The van der Waals surface area contributed by atoms with E-state index in [1.807, 2.05) is 42.5 Å². The van der Waals surface area contributed by atoms with E-state index in [1.165, 1.54) is 10.5 Å². The molecule has 0 aliphatic carbocycles. The van der Waals surface area contributed by atoms with E-state index in [9.17, 15) is 9.59 Å². The molecule has 0 aliphatic rings. The molecule has 5 heteroatoms. The lowest BCUT2D eigenvalue weighted by Crippen LogP contribution is -2.36. The number of carbonyl (C=O) groups is 2. The van der Waals surface area contributed by atoms with Gasteiger partial charge in [-0.15, -0.1) is 0 Å². The average Bonchev–Trinajstić information content (AvgIpc) is 2.75. The highest BCUT2D eigenvalue weighted by molar-refractivity contribution is 6.45. The first kappa shape index (κ1) is 20.1. The van der Waals surface area contributed by atoms with E-state index in [-0.39, 0.29) is 0 Å². The van der Waals surface area contributed by atoms with Crippen molar-refractivity contribution in [3.8, 4) is 0 Å². The highest BCUT2D eigenvalue weighted by Crippen LogP contribution is 2.26. The molecule has 3 aromatic carbocycles. The number of hydrogen-bond donors (Lipinski definition) is 2. The van der Waals surface area contributed by atoms with Crippen LogP contribution in [0, 0.1) is 0 Å². The zero-order valence-electron chi connectivity index (χ0n) is 16.5. The van der Waals surface area contributed by atoms with Crippen LogP contribution in [-0.4, -0.2) is 11.8 Å². The number of carbonyl (C=O) groups excluding carboxylic acids is 2. The summed E-state index contributed by atoms with van der Waals surface area (Å²) < 4.78 is 0. The molecule has 3 rings (SSSR count). The molecule has 0 saturated carbocycles. The molecule has 29 heavy (non-hydrogen) atoms.